The second kappa shape index (κ2) is 10.2. The minimum atomic E-state index is -0.153. The Bertz CT molecular complexity index is 1710. The molecule has 0 atom stereocenters. The van der Waals surface area contributed by atoms with Gasteiger partial charge in [0, 0.05) is 46.4 Å². The van der Waals surface area contributed by atoms with Gasteiger partial charge in [-0.15, -0.1) is 0 Å². The van der Waals surface area contributed by atoms with Gasteiger partial charge in [-0.05, 0) is 83.9 Å². The van der Waals surface area contributed by atoms with Crippen LogP contribution in [0.5, 0.6) is 0 Å². The number of nitrogens with zero attached hydrogens (tertiary/aromatic N) is 4. The van der Waals surface area contributed by atoms with Crippen molar-refractivity contribution in [3.63, 3.8) is 0 Å². The molecule has 0 bridgehead atoms. The molecular formula is C28H27BrClN7O2. The zero-order valence-corrected chi connectivity index (χ0v) is 23.6. The summed E-state index contributed by atoms with van der Waals surface area (Å²) >= 11 is 9.61. The van der Waals surface area contributed by atoms with E-state index >= 15 is 0 Å². The molecule has 1 aliphatic carbocycles. The van der Waals surface area contributed by atoms with Crippen LogP contribution in [0, 0.1) is 5.92 Å². The predicted octanol–water partition coefficient (Wildman–Crippen LogP) is 4.86. The van der Waals surface area contributed by atoms with E-state index in [1.54, 1.807) is 33.9 Å². The smallest absolute Gasteiger partial charge is 0.261 e. The molecule has 2 aromatic heterocycles. The third kappa shape index (κ3) is 4.72. The van der Waals surface area contributed by atoms with Crippen LogP contribution < -0.4 is 16.6 Å². The van der Waals surface area contributed by atoms with Crippen LogP contribution in [0.4, 0.5) is 5.82 Å². The fourth-order valence-corrected chi connectivity index (χ4v) is 5.56. The Labute approximate surface area is 238 Å². The first kappa shape index (κ1) is 25.6. The zero-order valence-electron chi connectivity index (χ0n) is 21.3. The van der Waals surface area contributed by atoms with E-state index in [1.807, 2.05) is 25.2 Å². The number of nitrogens with one attached hydrogen (secondary N) is 2. The van der Waals surface area contributed by atoms with Gasteiger partial charge in [0.25, 0.3) is 11.5 Å². The van der Waals surface area contributed by atoms with Gasteiger partial charge < -0.3 is 16.0 Å². The van der Waals surface area contributed by atoms with Crippen LogP contribution in [0.25, 0.3) is 22.2 Å². The van der Waals surface area contributed by atoms with Crippen LogP contribution in [0.15, 0.2) is 51.9 Å². The highest BCUT2D eigenvalue weighted by Crippen LogP contribution is 2.38. The minimum absolute atomic E-state index is 0.142. The van der Waals surface area contributed by atoms with Gasteiger partial charge in [-0.3, -0.25) is 19.3 Å². The van der Waals surface area contributed by atoms with E-state index in [0.717, 1.165) is 46.0 Å². The van der Waals surface area contributed by atoms with Crippen LogP contribution in [-0.2, 0) is 13.0 Å². The fraction of sp³-hybridized carbons (Fsp3) is 0.286. The number of amides is 1. The van der Waals surface area contributed by atoms with E-state index in [4.69, 9.17) is 22.3 Å². The Morgan fingerprint density at radius 2 is 2.10 bits per heavy atom. The summed E-state index contributed by atoms with van der Waals surface area (Å²) in [4.78, 5) is 34.1. The number of aromatic nitrogens is 4. The molecule has 1 amide bonds. The second-order valence-corrected chi connectivity index (χ2v) is 11.3. The molecule has 4 N–H and O–H groups in total. The lowest BCUT2D eigenvalue weighted by molar-refractivity contribution is 0.0731. The molecule has 0 unspecified atom stereocenters. The number of aromatic amines is 1. The van der Waals surface area contributed by atoms with Crippen molar-refractivity contribution >= 4 is 55.7 Å². The third-order valence-electron chi connectivity index (χ3n) is 7.42. The summed E-state index contributed by atoms with van der Waals surface area (Å²) < 4.78 is 2.38. The summed E-state index contributed by atoms with van der Waals surface area (Å²) in [5.41, 5.74) is 9.99. The molecule has 1 aliphatic heterocycles. The van der Waals surface area contributed by atoms with Crippen molar-refractivity contribution in [3.8, 4) is 5.69 Å². The number of halogens is 2. The van der Waals surface area contributed by atoms with Crippen molar-refractivity contribution in [2.45, 2.75) is 32.2 Å². The number of hydrogen-bond donors (Lipinski definition) is 3. The number of carbonyl (C=O) groups excluding carboxylic acids is 1. The summed E-state index contributed by atoms with van der Waals surface area (Å²) in [6.07, 6.45) is 4.98. The van der Waals surface area contributed by atoms with Crippen molar-refractivity contribution < 1.29 is 4.79 Å². The van der Waals surface area contributed by atoms with Crippen LogP contribution in [0.2, 0.25) is 5.02 Å². The maximum atomic E-state index is 14.1. The summed E-state index contributed by atoms with van der Waals surface area (Å²) in [6, 6.07) is 10.9. The summed E-state index contributed by atoms with van der Waals surface area (Å²) in [6.45, 7) is 0.639. The Morgan fingerprint density at radius 3 is 2.82 bits per heavy atom. The van der Waals surface area contributed by atoms with Crippen molar-refractivity contribution in [2.24, 2.45) is 11.7 Å². The average molecular weight is 609 g/mol. The molecular weight excluding hydrogens is 582 g/mol. The number of carbonyl (C=O) groups is 1. The van der Waals surface area contributed by atoms with Gasteiger partial charge in [-0.25, -0.2) is 4.98 Å². The Balaban J connectivity index is 1.44. The first-order valence-corrected chi connectivity index (χ1v) is 14.0. The first-order valence-electron chi connectivity index (χ1n) is 12.8. The van der Waals surface area contributed by atoms with Crippen LogP contribution in [0.1, 0.15) is 46.7 Å². The van der Waals surface area contributed by atoms with Gasteiger partial charge in [0.15, 0.2) is 5.82 Å². The Hall–Kier alpha value is -3.63. The molecule has 1 fully saturated rings. The molecule has 2 aliphatic rings. The molecule has 0 spiro atoms. The summed E-state index contributed by atoms with van der Waals surface area (Å²) in [5.74, 6) is 1.64. The molecule has 0 radical (unpaired) electrons. The maximum absolute atomic E-state index is 14.1. The van der Waals surface area contributed by atoms with Gasteiger partial charge in [0.05, 0.1) is 28.5 Å². The van der Waals surface area contributed by atoms with Gasteiger partial charge in [0.2, 0.25) is 0 Å². The first-order chi connectivity index (χ1) is 18.9. The average Bonchev–Trinajstić information content (AvgIpc) is 3.68. The third-order valence-corrected chi connectivity index (χ3v) is 8.66. The lowest BCUT2D eigenvalue weighted by Crippen LogP contribution is -2.41. The van der Waals surface area contributed by atoms with Crippen molar-refractivity contribution in [2.75, 3.05) is 18.9 Å². The number of hydrogen-bond acceptors (Lipinski definition) is 6. The molecule has 0 saturated heterocycles. The molecule has 1 saturated carbocycles. The monoisotopic (exact) mass is 607 g/mol. The van der Waals surface area contributed by atoms with Gasteiger partial charge in [-0.2, -0.15) is 5.10 Å². The highest BCUT2D eigenvalue weighted by Gasteiger charge is 2.30. The lowest BCUT2D eigenvalue weighted by Gasteiger charge is -2.29. The van der Waals surface area contributed by atoms with E-state index in [0.29, 0.717) is 52.2 Å². The second-order valence-electron chi connectivity index (χ2n) is 10.00. The SMILES string of the molecule is CNc1n[nH]c2cc(-n3c(C(=CN)CC4CC4)nc4c(c3=O)CCN(C(=O)c3ccc(Br)c(Cl)c3)C4)ccc12. The van der Waals surface area contributed by atoms with E-state index < -0.39 is 0 Å². The quantitative estimate of drug-likeness (QED) is 0.287. The summed E-state index contributed by atoms with van der Waals surface area (Å²) in [5, 5.41) is 11.8. The highest BCUT2D eigenvalue weighted by atomic mass is 79.9. The number of fused-ring (bicyclic) bond motifs is 2. The van der Waals surface area contributed by atoms with Gasteiger partial charge in [-0.1, -0.05) is 11.6 Å². The molecule has 39 heavy (non-hydrogen) atoms. The number of rotatable bonds is 6. The largest absolute Gasteiger partial charge is 0.404 e. The molecule has 9 nitrogen and oxygen atoms in total. The highest BCUT2D eigenvalue weighted by molar-refractivity contribution is 9.10. The molecule has 3 heterocycles. The summed E-state index contributed by atoms with van der Waals surface area (Å²) in [7, 11) is 1.81. The van der Waals surface area contributed by atoms with E-state index in [1.165, 1.54) is 0 Å². The van der Waals surface area contributed by atoms with E-state index in [2.05, 4.69) is 31.4 Å². The maximum Gasteiger partial charge on any atom is 0.261 e. The molecule has 2 aromatic carbocycles. The number of allylic oxidation sites excluding steroid dienone is 1. The number of anilines is 1. The number of benzene rings is 2. The lowest BCUT2D eigenvalue weighted by atomic mass is 10.0. The predicted molar refractivity (Wildman–Crippen MR) is 156 cm³/mol. The molecule has 4 aromatic rings. The Kier molecular flexibility index (Phi) is 6.68. The van der Waals surface area contributed by atoms with Crippen LogP contribution in [0.3, 0.4) is 0 Å². The van der Waals surface area contributed by atoms with Crippen LogP contribution in [-0.4, -0.2) is 44.1 Å². The number of H-pyrrole nitrogens is 1. The van der Waals surface area contributed by atoms with E-state index in [9.17, 15) is 9.59 Å². The normalized spacial score (nSPS) is 15.5. The molecule has 6 rings (SSSR count). The fourth-order valence-electron chi connectivity index (χ4n) is 5.13. The van der Waals surface area contributed by atoms with Crippen molar-refractivity contribution in [3.05, 3.63) is 85.1 Å². The molecule has 11 heteroatoms. The van der Waals surface area contributed by atoms with Crippen molar-refractivity contribution in [1.29, 1.82) is 0 Å². The molecule has 200 valence electrons. The van der Waals surface area contributed by atoms with E-state index in [-0.39, 0.29) is 18.0 Å². The number of nitrogens with two attached hydrogens (primary N) is 1. The minimum Gasteiger partial charge on any atom is -0.404 e. The van der Waals surface area contributed by atoms with Gasteiger partial charge in [0.1, 0.15) is 5.82 Å². The zero-order chi connectivity index (χ0) is 27.3. The van der Waals surface area contributed by atoms with Crippen LogP contribution >= 0.6 is 27.5 Å². The Morgan fingerprint density at radius 1 is 1.28 bits per heavy atom. The van der Waals surface area contributed by atoms with Crippen molar-refractivity contribution in [1.82, 2.24) is 24.6 Å². The standard InChI is InChI=1S/C28H27BrClN7O2/c1-32-25-19-6-5-18(12-23(19)34-35-25)37-26(17(13-31)10-15-2-3-15)33-24-14-36(9-8-20(24)28(37)39)27(38)16-4-7-21(29)22(30)11-16/h4-7,11-13,15H,2-3,8-10,14,31H2,1H3,(H2,32,34,35). The van der Waals surface area contributed by atoms with Gasteiger partial charge >= 0.3 is 0 Å². The topological polar surface area (TPSA) is 122 Å².